The summed E-state index contributed by atoms with van der Waals surface area (Å²) in [6.45, 7) is 0. The van der Waals surface area contributed by atoms with Crippen LogP contribution in [0.2, 0.25) is 0 Å². The highest BCUT2D eigenvalue weighted by Gasteiger charge is 2.67. The summed E-state index contributed by atoms with van der Waals surface area (Å²) in [5.41, 5.74) is 0.678. The zero-order valence-electron chi connectivity index (χ0n) is 30.2. The molecule has 0 fully saturated rings. The molecule has 15 aliphatic carbocycles. The van der Waals surface area contributed by atoms with Gasteiger partial charge < -0.3 is 0 Å². The van der Waals surface area contributed by atoms with Gasteiger partial charge in [0.2, 0.25) is 0 Å². The fourth-order valence-corrected chi connectivity index (χ4v) is 11.0. The van der Waals surface area contributed by atoms with Gasteiger partial charge in [-0.3, -0.25) is 0 Å². The van der Waals surface area contributed by atoms with Gasteiger partial charge in [0, 0.05) is 45.9 Å². The molecule has 15 aliphatic rings. The van der Waals surface area contributed by atoms with E-state index in [0.29, 0.717) is 97.9 Å². The Hall–Kier alpha value is -4.72. The minimum Gasteiger partial charge on any atom is -0.194 e. The maximum atomic E-state index is 17.4. The molecule has 19 rings (SSSR count). The summed E-state index contributed by atoms with van der Waals surface area (Å²) in [4.78, 5) is 0. The molecule has 0 aliphatic heterocycles. The quantitative estimate of drug-likeness (QED) is 0.124. The third kappa shape index (κ3) is 4.53. The summed E-state index contributed by atoms with van der Waals surface area (Å²) in [5.74, 6) is -23.7. The van der Waals surface area contributed by atoms with Crippen molar-refractivity contribution in [3.05, 3.63) is 186 Å². The average Bonchev–Trinajstić information content (AvgIpc) is 3.18. The molecule has 16 bridgehead atoms. The van der Waals surface area contributed by atoms with Crippen molar-refractivity contribution in [1.29, 1.82) is 0 Å². The molecule has 0 amide bonds. The SMILES string of the molecule is FC1(F)c2ccc(c3c2[C@@H]2C=C4CCc5ccc(cc5)CCC2=C[C@H]43)C(F)(F)C(F)(F)c2ccc(c3c2[C@H]2C=C4CCc5ccc(cc5)CCC2=C[C@@H]43)C1(F)F. The van der Waals surface area contributed by atoms with Crippen LogP contribution in [0.4, 0.5) is 35.1 Å². The Morgan fingerprint density at radius 1 is 0.286 bits per heavy atom. The van der Waals surface area contributed by atoms with Crippen LogP contribution in [0.1, 0.15) is 116 Å². The highest BCUT2D eigenvalue weighted by molar-refractivity contribution is 5.68. The molecule has 8 heteroatoms. The molecule has 0 nitrogen and oxygen atoms in total. The predicted octanol–water partition coefficient (Wildman–Crippen LogP) is 13.0. The van der Waals surface area contributed by atoms with Gasteiger partial charge in [-0.15, -0.1) is 0 Å². The number of halogens is 8. The first-order valence-electron chi connectivity index (χ1n) is 19.6. The number of fused-ring (bicyclic) bond motifs is 6. The fourth-order valence-electron chi connectivity index (χ4n) is 11.0. The van der Waals surface area contributed by atoms with Gasteiger partial charge in [-0.1, -0.05) is 119 Å². The monoisotopic (exact) mass is 764 g/mol. The van der Waals surface area contributed by atoms with E-state index in [4.69, 9.17) is 0 Å². The Morgan fingerprint density at radius 3 is 0.679 bits per heavy atom. The van der Waals surface area contributed by atoms with Crippen molar-refractivity contribution < 1.29 is 35.1 Å². The van der Waals surface area contributed by atoms with Crippen LogP contribution in [0.15, 0.2) is 119 Å². The summed E-state index contributed by atoms with van der Waals surface area (Å²) < 4.78 is 139. The van der Waals surface area contributed by atoms with Gasteiger partial charge in [-0.25, -0.2) is 0 Å². The molecule has 0 unspecified atom stereocenters. The van der Waals surface area contributed by atoms with Crippen LogP contribution < -0.4 is 0 Å². The zero-order chi connectivity index (χ0) is 38.5. The Morgan fingerprint density at radius 2 is 0.482 bits per heavy atom. The van der Waals surface area contributed by atoms with Crippen molar-refractivity contribution in [2.24, 2.45) is 0 Å². The molecule has 0 saturated carbocycles. The number of benzene rings is 4. The minimum atomic E-state index is -4.88. The van der Waals surface area contributed by atoms with Crippen LogP contribution in [0.5, 0.6) is 0 Å². The summed E-state index contributed by atoms with van der Waals surface area (Å²) >= 11 is 0. The van der Waals surface area contributed by atoms with Gasteiger partial charge in [0.15, 0.2) is 0 Å². The van der Waals surface area contributed by atoms with Crippen LogP contribution >= 0.6 is 0 Å². The van der Waals surface area contributed by atoms with E-state index in [1.807, 2.05) is 48.5 Å². The lowest BCUT2D eigenvalue weighted by molar-refractivity contribution is -0.228. The molecule has 0 spiro atoms. The summed E-state index contributed by atoms with van der Waals surface area (Å²) in [5, 5.41) is 0. The van der Waals surface area contributed by atoms with Gasteiger partial charge >= 0.3 is 23.7 Å². The standard InChI is InChI=1S/C48H36F8/c49-45(50)37-17-18-38(42-34-21-29-13-9-25-1-2-26(4-3-25)10-14-30(34)22-33(29)41(37)42)46(51,52)48(55,56)40-20-19-39(47(45,53)54)43-35-23-32-16-12-28-7-5-27(6-8-28)11-15-31(35)24-36(32)44(40)43/h1-8,17-24,33-36H,9-16H2/t33-,34-,35+,36+. The van der Waals surface area contributed by atoms with Crippen molar-refractivity contribution in [2.75, 3.05) is 0 Å². The molecule has 0 saturated heterocycles. The number of hydrogen-bond donors (Lipinski definition) is 0. The normalized spacial score (nSPS) is 27.7. The lowest BCUT2D eigenvalue weighted by atomic mass is 9.60. The molecular formula is C48H36F8. The molecule has 0 N–H and O–H groups in total. The maximum Gasteiger partial charge on any atom is 0.340 e. The molecule has 0 aromatic heterocycles. The van der Waals surface area contributed by atoms with E-state index >= 15 is 35.1 Å². The van der Waals surface area contributed by atoms with E-state index in [9.17, 15) is 0 Å². The van der Waals surface area contributed by atoms with Crippen molar-refractivity contribution >= 4 is 0 Å². The Labute approximate surface area is 319 Å². The van der Waals surface area contributed by atoms with E-state index in [1.54, 1.807) is 24.3 Å². The summed E-state index contributed by atoms with van der Waals surface area (Å²) in [6, 6.07) is 18.3. The first-order valence-corrected chi connectivity index (χ1v) is 19.6. The predicted molar refractivity (Wildman–Crippen MR) is 198 cm³/mol. The Kier molecular flexibility index (Phi) is 7.06. The van der Waals surface area contributed by atoms with E-state index in [2.05, 4.69) is 0 Å². The molecule has 4 aromatic carbocycles. The molecular weight excluding hydrogens is 729 g/mol. The highest BCUT2D eigenvalue weighted by atomic mass is 19.3. The van der Waals surface area contributed by atoms with E-state index in [-0.39, 0.29) is 22.3 Å². The number of alkyl halides is 8. The first kappa shape index (κ1) is 34.5. The van der Waals surface area contributed by atoms with Crippen LogP contribution in [-0.2, 0) is 49.4 Å². The fraction of sp³-hybridized carbons (Fsp3) is 0.333. The van der Waals surface area contributed by atoms with Gasteiger partial charge in [-0.05, 0) is 95.9 Å². The second-order valence-corrected chi connectivity index (χ2v) is 16.8. The lowest BCUT2D eigenvalue weighted by Crippen LogP contribution is -2.44. The van der Waals surface area contributed by atoms with E-state index in [0.717, 1.165) is 22.3 Å². The molecule has 0 radical (unpaired) electrons. The van der Waals surface area contributed by atoms with Crippen molar-refractivity contribution in [3.63, 3.8) is 0 Å². The Bertz CT molecular complexity index is 2150. The zero-order valence-corrected chi connectivity index (χ0v) is 30.2. The minimum absolute atomic E-state index is 0.368. The molecule has 4 atom stereocenters. The smallest absolute Gasteiger partial charge is 0.194 e. The Balaban J connectivity index is 1.14. The van der Waals surface area contributed by atoms with E-state index < -0.39 is 69.6 Å². The van der Waals surface area contributed by atoms with E-state index in [1.165, 1.54) is 0 Å². The molecule has 56 heavy (non-hydrogen) atoms. The largest absolute Gasteiger partial charge is 0.340 e. The average molecular weight is 765 g/mol. The van der Waals surface area contributed by atoms with Gasteiger partial charge in [0.1, 0.15) is 0 Å². The number of allylic oxidation sites excluding steroid dienone is 8. The maximum absolute atomic E-state index is 17.4. The lowest BCUT2D eigenvalue weighted by Gasteiger charge is -2.46. The summed E-state index contributed by atoms with van der Waals surface area (Å²) in [7, 11) is 0. The second kappa shape index (κ2) is 11.4. The second-order valence-electron chi connectivity index (χ2n) is 16.8. The number of rotatable bonds is 0. The summed E-state index contributed by atoms with van der Waals surface area (Å²) in [6.07, 6.45) is 10.5. The third-order valence-corrected chi connectivity index (χ3v) is 13.9. The van der Waals surface area contributed by atoms with Crippen molar-refractivity contribution in [1.82, 2.24) is 0 Å². The van der Waals surface area contributed by atoms with Gasteiger partial charge in [0.25, 0.3) is 0 Å². The van der Waals surface area contributed by atoms with Crippen LogP contribution in [-0.4, -0.2) is 0 Å². The molecule has 4 aromatic rings. The highest BCUT2D eigenvalue weighted by Crippen LogP contribution is 2.65. The van der Waals surface area contributed by atoms with Gasteiger partial charge in [0.05, 0.1) is 0 Å². The van der Waals surface area contributed by atoms with Crippen LogP contribution in [0.25, 0.3) is 0 Å². The van der Waals surface area contributed by atoms with Crippen molar-refractivity contribution in [3.8, 4) is 0 Å². The molecule has 284 valence electrons. The number of aryl methyl sites for hydroxylation is 4. The van der Waals surface area contributed by atoms with Crippen LogP contribution in [0.3, 0.4) is 0 Å². The number of hydrogen-bond acceptors (Lipinski definition) is 0. The van der Waals surface area contributed by atoms with Gasteiger partial charge in [-0.2, -0.15) is 35.1 Å². The topological polar surface area (TPSA) is 0 Å². The first-order chi connectivity index (χ1) is 26.8. The third-order valence-electron chi connectivity index (χ3n) is 13.9. The van der Waals surface area contributed by atoms with Crippen molar-refractivity contribution in [2.45, 2.75) is 98.7 Å². The molecule has 0 heterocycles. The van der Waals surface area contributed by atoms with Crippen LogP contribution in [0, 0.1) is 0 Å².